The Hall–Kier alpha value is -4.82. The normalized spacial score (nSPS) is 13.2. The van der Waals surface area contributed by atoms with Gasteiger partial charge >= 0.3 is 0 Å². The van der Waals surface area contributed by atoms with Crippen LogP contribution < -0.4 is 9.47 Å². The van der Waals surface area contributed by atoms with Gasteiger partial charge < -0.3 is 9.47 Å². The SMILES string of the molecule is C=C/C=C\CCCC1(CCC/C=C\C=C)c2cc(C)ccc2-c2ccc(-c3cc(OCCC/C=C/C=C)c(C)cc3OCCC/C=C/C=C)cc21. The first-order chi connectivity index (χ1) is 25.0. The third-order valence-electron chi connectivity index (χ3n) is 9.69. The average Bonchev–Trinajstić information content (AvgIpc) is 3.39. The number of allylic oxidation sites excluding steroid dienone is 12. The van der Waals surface area contributed by atoms with Crippen LogP contribution in [0.1, 0.15) is 86.5 Å². The van der Waals surface area contributed by atoms with Gasteiger partial charge in [-0.1, -0.05) is 135 Å². The number of benzene rings is 3. The Morgan fingerprint density at radius 3 is 1.57 bits per heavy atom. The molecular weight excluding hydrogens is 621 g/mol. The molecule has 0 spiro atoms. The van der Waals surface area contributed by atoms with E-state index in [1.807, 2.05) is 36.5 Å². The minimum atomic E-state index is -0.0851. The van der Waals surface area contributed by atoms with Crippen molar-refractivity contribution >= 4 is 0 Å². The second-order valence-corrected chi connectivity index (χ2v) is 13.4. The highest BCUT2D eigenvalue weighted by Gasteiger charge is 2.42. The van der Waals surface area contributed by atoms with E-state index in [9.17, 15) is 0 Å². The summed E-state index contributed by atoms with van der Waals surface area (Å²) in [6.45, 7) is 20.9. The molecule has 4 rings (SSSR count). The molecule has 2 heteroatoms. The summed E-state index contributed by atoms with van der Waals surface area (Å²) in [5.74, 6) is 1.81. The molecule has 0 saturated heterocycles. The third-order valence-corrected chi connectivity index (χ3v) is 9.69. The smallest absolute Gasteiger partial charge is 0.127 e. The Kier molecular flexibility index (Phi) is 15.9. The van der Waals surface area contributed by atoms with E-state index < -0.39 is 0 Å². The van der Waals surface area contributed by atoms with Gasteiger partial charge in [0.05, 0.1) is 13.2 Å². The van der Waals surface area contributed by atoms with Crippen LogP contribution in [0.15, 0.2) is 148 Å². The molecule has 266 valence electrons. The number of hydrogen-bond acceptors (Lipinski definition) is 2. The predicted molar refractivity (Wildman–Crippen MR) is 222 cm³/mol. The molecule has 0 fully saturated rings. The van der Waals surface area contributed by atoms with Crippen molar-refractivity contribution in [2.45, 2.75) is 83.5 Å². The number of hydrogen-bond donors (Lipinski definition) is 0. The van der Waals surface area contributed by atoms with E-state index in [4.69, 9.17) is 9.47 Å². The number of unbranched alkanes of at least 4 members (excludes halogenated alkanes) is 4. The maximum atomic E-state index is 6.57. The second kappa shape index (κ2) is 20.8. The van der Waals surface area contributed by atoms with Gasteiger partial charge in [-0.15, -0.1) is 0 Å². The van der Waals surface area contributed by atoms with E-state index >= 15 is 0 Å². The van der Waals surface area contributed by atoms with Crippen LogP contribution in [0.3, 0.4) is 0 Å². The third kappa shape index (κ3) is 10.6. The Balaban J connectivity index is 1.79. The largest absolute Gasteiger partial charge is 0.493 e. The molecule has 51 heavy (non-hydrogen) atoms. The van der Waals surface area contributed by atoms with E-state index in [-0.39, 0.29) is 5.41 Å². The quantitative estimate of drug-likeness (QED) is 0.0734. The highest BCUT2D eigenvalue weighted by molar-refractivity contribution is 5.85. The minimum absolute atomic E-state index is 0.0851. The van der Waals surface area contributed by atoms with Crippen LogP contribution in [0.25, 0.3) is 22.3 Å². The molecule has 0 aromatic heterocycles. The van der Waals surface area contributed by atoms with E-state index in [1.54, 1.807) is 0 Å². The minimum Gasteiger partial charge on any atom is -0.493 e. The summed E-state index contributed by atoms with van der Waals surface area (Å²) in [5.41, 5.74) is 10.2. The molecule has 0 radical (unpaired) electrons. The van der Waals surface area contributed by atoms with Crippen LogP contribution in [0.4, 0.5) is 0 Å². The number of fused-ring (bicyclic) bond motifs is 3. The van der Waals surface area contributed by atoms with Crippen molar-refractivity contribution in [1.82, 2.24) is 0 Å². The standard InChI is InChI=1S/C49H58O2/c1-7-11-15-19-23-31-49(32-24-20-16-12-8-2)45-35-39(5)27-29-42(45)43-30-28-41(37-46(43)49)44-38-47(50-33-25-21-17-13-9-3)40(6)36-48(44)51-34-26-22-18-14-10-4/h7-18,27-30,35-38H,1-4,19-26,31-34H2,5-6H3/b15-11-,16-12-,17-13+,18-14+. The molecule has 1 aliphatic rings. The van der Waals surface area contributed by atoms with Crippen molar-refractivity contribution in [2.75, 3.05) is 13.2 Å². The van der Waals surface area contributed by atoms with Gasteiger partial charge in [0.2, 0.25) is 0 Å². The van der Waals surface area contributed by atoms with Gasteiger partial charge in [-0.25, -0.2) is 0 Å². The fraction of sp³-hybridized carbons (Fsp3) is 0.306. The summed E-state index contributed by atoms with van der Waals surface area (Å²) < 4.78 is 13.0. The molecule has 0 amide bonds. The number of rotatable bonds is 23. The van der Waals surface area contributed by atoms with Gasteiger partial charge in [0.15, 0.2) is 0 Å². The Bertz CT molecular complexity index is 1720. The monoisotopic (exact) mass is 678 g/mol. The molecule has 0 heterocycles. The molecule has 3 aromatic carbocycles. The molecule has 2 nitrogen and oxygen atoms in total. The highest BCUT2D eigenvalue weighted by Crippen LogP contribution is 2.55. The van der Waals surface area contributed by atoms with Crippen molar-refractivity contribution < 1.29 is 9.47 Å². The fourth-order valence-corrected chi connectivity index (χ4v) is 7.18. The lowest BCUT2D eigenvalue weighted by Crippen LogP contribution is -2.25. The summed E-state index contributed by atoms with van der Waals surface area (Å²) in [6.07, 6.45) is 34.5. The first-order valence-electron chi connectivity index (χ1n) is 18.8. The fourth-order valence-electron chi connectivity index (χ4n) is 7.18. The van der Waals surface area contributed by atoms with Crippen LogP contribution >= 0.6 is 0 Å². The average molecular weight is 679 g/mol. The van der Waals surface area contributed by atoms with Crippen LogP contribution in [0.2, 0.25) is 0 Å². The van der Waals surface area contributed by atoms with E-state index in [0.717, 1.165) is 86.8 Å². The molecular formula is C49H58O2. The predicted octanol–water partition coefficient (Wildman–Crippen LogP) is 13.9. The van der Waals surface area contributed by atoms with E-state index in [1.165, 1.54) is 33.4 Å². The Morgan fingerprint density at radius 2 is 1.02 bits per heavy atom. The zero-order valence-corrected chi connectivity index (χ0v) is 31.2. The lowest BCUT2D eigenvalue weighted by molar-refractivity contribution is 0.303. The van der Waals surface area contributed by atoms with Gasteiger partial charge in [-0.3, -0.25) is 0 Å². The Labute approximate surface area is 309 Å². The second-order valence-electron chi connectivity index (χ2n) is 13.4. The van der Waals surface area contributed by atoms with E-state index in [0.29, 0.717) is 13.2 Å². The highest BCUT2D eigenvalue weighted by atomic mass is 16.5. The summed E-state index contributed by atoms with van der Waals surface area (Å²) in [7, 11) is 0. The van der Waals surface area contributed by atoms with Gasteiger partial charge in [0.25, 0.3) is 0 Å². The topological polar surface area (TPSA) is 18.5 Å². The van der Waals surface area contributed by atoms with Gasteiger partial charge in [0, 0.05) is 11.0 Å². The van der Waals surface area contributed by atoms with Gasteiger partial charge in [-0.05, 0) is 130 Å². The van der Waals surface area contributed by atoms with Crippen LogP contribution in [0, 0.1) is 13.8 Å². The molecule has 0 atom stereocenters. The van der Waals surface area contributed by atoms with Crippen molar-refractivity contribution in [3.8, 4) is 33.8 Å². The molecule has 0 saturated carbocycles. The first kappa shape index (κ1) is 39.0. The summed E-state index contributed by atoms with van der Waals surface area (Å²) in [4.78, 5) is 0. The number of aryl methyl sites for hydroxylation is 2. The summed E-state index contributed by atoms with van der Waals surface area (Å²) >= 11 is 0. The van der Waals surface area contributed by atoms with E-state index in [2.05, 4.69) is 125 Å². The molecule has 3 aromatic rings. The van der Waals surface area contributed by atoms with Crippen molar-refractivity contribution in [1.29, 1.82) is 0 Å². The van der Waals surface area contributed by atoms with Crippen LogP contribution in [-0.4, -0.2) is 13.2 Å². The zero-order valence-electron chi connectivity index (χ0n) is 31.2. The molecule has 0 N–H and O–H groups in total. The van der Waals surface area contributed by atoms with Gasteiger partial charge in [-0.2, -0.15) is 0 Å². The number of ether oxygens (including phenoxy) is 2. The molecule has 0 aliphatic heterocycles. The first-order valence-corrected chi connectivity index (χ1v) is 18.8. The van der Waals surface area contributed by atoms with Gasteiger partial charge in [0.1, 0.15) is 11.5 Å². The lowest BCUT2D eigenvalue weighted by atomic mass is 9.70. The lowest BCUT2D eigenvalue weighted by Gasteiger charge is -2.33. The maximum absolute atomic E-state index is 6.57. The molecule has 0 bridgehead atoms. The van der Waals surface area contributed by atoms with Crippen molar-refractivity contribution in [3.05, 3.63) is 170 Å². The maximum Gasteiger partial charge on any atom is 0.127 e. The van der Waals surface area contributed by atoms with Crippen LogP contribution in [0.5, 0.6) is 11.5 Å². The molecule has 0 unspecified atom stereocenters. The van der Waals surface area contributed by atoms with Crippen molar-refractivity contribution in [2.24, 2.45) is 0 Å². The Morgan fingerprint density at radius 1 is 0.529 bits per heavy atom. The molecule has 1 aliphatic carbocycles. The summed E-state index contributed by atoms with van der Waals surface area (Å²) in [5, 5.41) is 0. The van der Waals surface area contributed by atoms with Crippen molar-refractivity contribution in [3.63, 3.8) is 0 Å². The zero-order chi connectivity index (χ0) is 36.3. The summed E-state index contributed by atoms with van der Waals surface area (Å²) in [6, 6.07) is 18.5. The van der Waals surface area contributed by atoms with Crippen LogP contribution in [-0.2, 0) is 5.41 Å².